The highest BCUT2D eigenvalue weighted by molar-refractivity contribution is 7.16. The van der Waals surface area contributed by atoms with Gasteiger partial charge >= 0.3 is 0 Å². The summed E-state index contributed by atoms with van der Waals surface area (Å²) in [6.07, 6.45) is 1.08. The summed E-state index contributed by atoms with van der Waals surface area (Å²) in [7, 11) is 0. The fourth-order valence-electron chi connectivity index (χ4n) is 4.05. The normalized spacial score (nSPS) is 11.9. The van der Waals surface area contributed by atoms with Gasteiger partial charge in [0.1, 0.15) is 5.75 Å². The minimum absolute atomic E-state index is 0.0516. The van der Waals surface area contributed by atoms with E-state index in [0.29, 0.717) is 10.9 Å². The highest BCUT2D eigenvalue weighted by Gasteiger charge is 2.27. The number of amides is 1. The van der Waals surface area contributed by atoms with Crippen molar-refractivity contribution in [2.75, 3.05) is 11.9 Å². The van der Waals surface area contributed by atoms with Gasteiger partial charge in [0.05, 0.1) is 5.69 Å². The van der Waals surface area contributed by atoms with Crippen LogP contribution in [0.15, 0.2) is 54.6 Å². The molecular formula is C26H32N2O2S. The van der Waals surface area contributed by atoms with Crippen LogP contribution >= 0.6 is 11.3 Å². The fraction of sp³-hybridized carbons (Fsp3) is 0.385. The summed E-state index contributed by atoms with van der Waals surface area (Å²) < 4.78 is 5.70. The van der Waals surface area contributed by atoms with E-state index in [1.807, 2.05) is 49.4 Å². The molecule has 3 aromatic rings. The largest absolute Gasteiger partial charge is 0.484 e. The predicted molar refractivity (Wildman–Crippen MR) is 130 cm³/mol. The molecular weight excluding hydrogens is 404 g/mol. The van der Waals surface area contributed by atoms with Crippen molar-refractivity contribution >= 4 is 22.4 Å². The highest BCUT2D eigenvalue weighted by atomic mass is 32.1. The first-order chi connectivity index (χ1) is 14.5. The van der Waals surface area contributed by atoms with E-state index in [4.69, 9.17) is 4.74 Å². The van der Waals surface area contributed by atoms with Crippen LogP contribution < -0.4 is 10.1 Å². The molecule has 0 fully saturated rings. The predicted octanol–water partition coefficient (Wildman–Crippen LogP) is 6.85. The Morgan fingerprint density at radius 2 is 1.65 bits per heavy atom. The molecule has 0 aliphatic rings. The van der Waals surface area contributed by atoms with Gasteiger partial charge in [-0.1, -0.05) is 77.1 Å². The molecule has 1 amide bonds. The lowest BCUT2D eigenvalue weighted by Gasteiger charge is -2.33. The number of hydrogen-bond donors (Lipinski definition) is 1. The molecule has 0 unspecified atom stereocenters. The zero-order valence-corrected chi connectivity index (χ0v) is 20.1. The molecule has 0 saturated carbocycles. The zero-order valence-electron chi connectivity index (χ0n) is 19.3. The molecule has 2 aromatic carbocycles. The number of carbonyl (C=O) groups is 1. The third kappa shape index (κ3) is 6.41. The number of benzene rings is 2. The van der Waals surface area contributed by atoms with Crippen LogP contribution in [0.5, 0.6) is 5.75 Å². The monoisotopic (exact) mass is 436 g/mol. The van der Waals surface area contributed by atoms with Crippen LogP contribution in [0.3, 0.4) is 0 Å². The van der Waals surface area contributed by atoms with Gasteiger partial charge < -0.3 is 4.74 Å². The van der Waals surface area contributed by atoms with Crippen LogP contribution in [-0.4, -0.2) is 17.5 Å². The SMILES string of the molecule is Cc1sc(NC(=O)COc2ccc(C(C)(C)CC(C)(C)C)cc2)nc1-c1ccccc1. The molecule has 5 heteroatoms. The number of anilines is 1. The number of hydrogen-bond acceptors (Lipinski definition) is 4. The van der Waals surface area contributed by atoms with Crippen LogP contribution in [0.4, 0.5) is 5.13 Å². The number of nitrogens with zero attached hydrogens (tertiary/aromatic N) is 1. The summed E-state index contributed by atoms with van der Waals surface area (Å²) in [6.45, 7) is 13.3. The van der Waals surface area contributed by atoms with E-state index in [-0.39, 0.29) is 23.3 Å². The molecule has 31 heavy (non-hydrogen) atoms. The van der Waals surface area contributed by atoms with E-state index >= 15 is 0 Å². The van der Waals surface area contributed by atoms with E-state index < -0.39 is 0 Å². The Morgan fingerprint density at radius 1 is 1.00 bits per heavy atom. The standard InChI is InChI=1S/C26H32N2O2S/c1-18-23(19-10-8-7-9-11-19)28-24(31-18)27-22(29)16-30-21-14-12-20(13-15-21)26(5,6)17-25(2,3)4/h7-15H,16-17H2,1-6H3,(H,27,28,29). The van der Waals surface area contributed by atoms with E-state index in [1.165, 1.54) is 16.9 Å². The van der Waals surface area contributed by atoms with Crippen molar-refractivity contribution in [2.24, 2.45) is 5.41 Å². The zero-order chi connectivity index (χ0) is 22.6. The van der Waals surface area contributed by atoms with Gasteiger partial charge in [0, 0.05) is 10.4 Å². The lowest BCUT2D eigenvalue weighted by molar-refractivity contribution is -0.118. The molecule has 0 atom stereocenters. The summed E-state index contributed by atoms with van der Waals surface area (Å²) in [5.41, 5.74) is 3.54. The number of nitrogens with one attached hydrogen (secondary N) is 1. The van der Waals surface area contributed by atoms with E-state index in [0.717, 1.165) is 22.6 Å². The van der Waals surface area contributed by atoms with Gasteiger partial charge in [-0.05, 0) is 41.9 Å². The van der Waals surface area contributed by atoms with Crippen molar-refractivity contribution in [1.29, 1.82) is 0 Å². The Labute approximate surface area is 189 Å². The summed E-state index contributed by atoms with van der Waals surface area (Å²) in [6, 6.07) is 18.0. The first-order valence-electron chi connectivity index (χ1n) is 10.6. The fourth-order valence-corrected chi connectivity index (χ4v) is 4.90. The topological polar surface area (TPSA) is 51.2 Å². The Hall–Kier alpha value is -2.66. The number of aryl methyl sites for hydroxylation is 1. The van der Waals surface area contributed by atoms with Crippen LogP contribution in [0, 0.1) is 12.3 Å². The number of aromatic nitrogens is 1. The highest BCUT2D eigenvalue weighted by Crippen LogP contribution is 2.36. The summed E-state index contributed by atoms with van der Waals surface area (Å²) in [5.74, 6) is 0.469. The number of thiazole rings is 1. The van der Waals surface area contributed by atoms with Crippen molar-refractivity contribution in [3.63, 3.8) is 0 Å². The van der Waals surface area contributed by atoms with Gasteiger partial charge in [-0.2, -0.15) is 0 Å². The van der Waals surface area contributed by atoms with Crippen LogP contribution in [-0.2, 0) is 10.2 Å². The third-order valence-electron chi connectivity index (χ3n) is 5.07. The number of rotatable bonds is 7. The van der Waals surface area contributed by atoms with E-state index in [2.05, 4.69) is 57.1 Å². The molecule has 0 spiro atoms. The van der Waals surface area contributed by atoms with Gasteiger partial charge in [-0.15, -0.1) is 11.3 Å². The molecule has 0 aliphatic heterocycles. The molecule has 3 rings (SSSR count). The summed E-state index contributed by atoms with van der Waals surface area (Å²) in [4.78, 5) is 18.0. The Morgan fingerprint density at radius 3 is 2.26 bits per heavy atom. The summed E-state index contributed by atoms with van der Waals surface area (Å²) in [5, 5.41) is 3.44. The smallest absolute Gasteiger partial charge is 0.264 e. The van der Waals surface area contributed by atoms with Crippen LogP contribution in [0.25, 0.3) is 11.3 Å². The second kappa shape index (κ2) is 9.23. The maximum absolute atomic E-state index is 12.4. The van der Waals surface area contributed by atoms with Gasteiger partial charge in [0.25, 0.3) is 5.91 Å². The number of carbonyl (C=O) groups excluding carboxylic acids is 1. The van der Waals surface area contributed by atoms with Crippen molar-refractivity contribution < 1.29 is 9.53 Å². The molecule has 4 nitrogen and oxygen atoms in total. The lowest BCUT2D eigenvalue weighted by atomic mass is 9.72. The Balaban J connectivity index is 1.57. The maximum Gasteiger partial charge on any atom is 0.264 e. The minimum atomic E-state index is -0.217. The van der Waals surface area contributed by atoms with E-state index in [9.17, 15) is 4.79 Å². The molecule has 0 bridgehead atoms. The van der Waals surface area contributed by atoms with Gasteiger partial charge in [0.2, 0.25) is 0 Å². The molecule has 1 heterocycles. The molecule has 0 radical (unpaired) electrons. The van der Waals surface area contributed by atoms with Gasteiger partial charge in [-0.25, -0.2) is 4.98 Å². The third-order valence-corrected chi connectivity index (χ3v) is 5.95. The quantitative estimate of drug-likeness (QED) is 0.441. The average Bonchev–Trinajstić information content (AvgIpc) is 3.05. The van der Waals surface area contributed by atoms with Crippen LogP contribution in [0.2, 0.25) is 0 Å². The Kier molecular flexibility index (Phi) is 6.85. The molecule has 0 aliphatic carbocycles. The lowest BCUT2D eigenvalue weighted by Crippen LogP contribution is -2.24. The van der Waals surface area contributed by atoms with Crippen molar-refractivity contribution in [3.8, 4) is 17.0 Å². The van der Waals surface area contributed by atoms with Crippen molar-refractivity contribution in [1.82, 2.24) is 4.98 Å². The van der Waals surface area contributed by atoms with E-state index in [1.54, 1.807) is 0 Å². The molecule has 164 valence electrons. The van der Waals surface area contributed by atoms with Crippen molar-refractivity contribution in [3.05, 3.63) is 65.0 Å². The molecule has 1 N–H and O–H groups in total. The average molecular weight is 437 g/mol. The molecule has 0 saturated heterocycles. The molecule has 1 aromatic heterocycles. The maximum atomic E-state index is 12.4. The van der Waals surface area contributed by atoms with Gasteiger partial charge in [0.15, 0.2) is 11.7 Å². The van der Waals surface area contributed by atoms with Gasteiger partial charge in [-0.3, -0.25) is 10.1 Å². The number of ether oxygens (including phenoxy) is 1. The first kappa shape index (κ1) is 23.0. The Bertz CT molecular complexity index is 1020. The first-order valence-corrected chi connectivity index (χ1v) is 11.4. The van der Waals surface area contributed by atoms with Crippen molar-refractivity contribution in [2.45, 2.75) is 53.4 Å². The second-order valence-corrected chi connectivity index (χ2v) is 11.0. The summed E-state index contributed by atoms with van der Waals surface area (Å²) >= 11 is 1.47. The second-order valence-electron chi connectivity index (χ2n) is 9.77. The minimum Gasteiger partial charge on any atom is -0.484 e. The van der Waals surface area contributed by atoms with Crippen LogP contribution in [0.1, 0.15) is 51.5 Å².